The highest BCUT2D eigenvalue weighted by Crippen LogP contribution is 2.24. The average Bonchev–Trinajstić information content (AvgIpc) is 2.99. The van der Waals surface area contributed by atoms with Crippen molar-refractivity contribution in [2.24, 2.45) is 0 Å². The third-order valence-electron chi connectivity index (χ3n) is 2.92. The zero-order valence-corrected chi connectivity index (χ0v) is 13.9. The standard InChI is InChI=1S/C15H15ClN2O4S/c1-9(15(21)18-7-14(19)20)23-8-13-17-6-12(22-13)10-2-4-11(16)5-3-10/h2-6,9H,7-8H2,1H3,(H,18,21)(H,19,20). The van der Waals surface area contributed by atoms with Gasteiger partial charge in [0, 0.05) is 10.6 Å². The number of halogens is 1. The second kappa shape index (κ2) is 8.03. The van der Waals surface area contributed by atoms with Gasteiger partial charge in [-0.3, -0.25) is 9.59 Å². The van der Waals surface area contributed by atoms with E-state index in [4.69, 9.17) is 21.1 Å². The minimum atomic E-state index is -1.07. The monoisotopic (exact) mass is 354 g/mol. The Morgan fingerprint density at radius 1 is 1.39 bits per heavy atom. The summed E-state index contributed by atoms with van der Waals surface area (Å²) >= 11 is 7.16. The molecule has 0 spiro atoms. The van der Waals surface area contributed by atoms with Crippen LogP contribution in [-0.2, 0) is 15.3 Å². The Morgan fingerprint density at radius 2 is 2.09 bits per heavy atom. The maximum absolute atomic E-state index is 11.7. The number of hydrogen-bond acceptors (Lipinski definition) is 5. The highest BCUT2D eigenvalue weighted by Gasteiger charge is 2.16. The molecule has 1 unspecified atom stereocenters. The number of nitrogens with zero attached hydrogens (tertiary/aromatic N) is 1. The van der Waals surface area contributed by atoms with Crippen LogP contribution in [0.2, 0.25) is 5.02 Å². The van der Waals surface area contributed by atoms with E-state index in [1.165, 1.54) is 11.8 Å². The Bertz CT molecular complexity index is 687. The molecule has 1 heterocycles. The summed E-state index contributed by atoms with van der Waals surface area (Å²) in [5.41, 5.74) is 0.866. The molecule has 0 aliphatic rings. The number of nitrogens with one attached hydrogen (secondary N) is 1. The van der Waals surface area contributed by atoms with Gasteiger partial charge in [0.15, 0.2) is 5.76 Å². The number of benzene rings is 1. The Kier molecular flexibility index (Phi) is 6.06. The number of rotatable bonds is 7. The first kappa shape index (κ1) is 17.4. The number of carboxylic acids is 1. The summed E-state index contributed by atoms with van der Waals surface area (Å²) in [6.07, 6.45) is 1.62. The van der Waals surface area contributed by atoms with E-state index in [0.29, 0.717) is 22.4 Å². The van der Waals surface area contributed by atoms with E-state index < -0.39 is 11.2 Å². The van der Waals surface area contributed by atoms with Crippen LogP contribution in [0.3, 0.4) is 0 Å². The van der Waals surface area contributed by atoms with Crippen LogP contribution in [0.1, 0.15) is 12.8 Å². The van der Waals surface area contributed by atoms with Crippen LogP contribution < -0.4 is 5.32 Å². The summed E-state index contributed by atoms with van der Waals surface area (Å²) in [4.78, 5) is 26.3. The predicted octanol–water partition coefficient (Wildman–Crippen LogP) is 2.82. The SMILES string of the molecule is CC(SCc1ncc(-c2ccc(Cl)cc2)o1)C(=O)NCC(=O)O. The summed E-state index contributed by atoms with van der Waals surface area (Å²) < 4.78 is 5.64. The van der Waals surface area contributed by atoms with Crippen LogP contribution in [0.25, 0.3) is 11.3 Å². The molecule has 1 atom stereocenters. The number of carbonyl (C=O) groups is 2. The lowest BCUT2D eigenvalue weighted by atomic mass is 10.2. The van der Waals surface area contributed by atoms with Crippen molar-refractivity contribution in [1.29, 1.82) is 0 Å². The van der Waals surface area contributed by atoms with Gasteiger partial charge in [-0.2, -0.15) is 0 Å². The number of thioether (sulfide) groups is 1. The molecule has 0 aliphatic carbocycles. The van der Waals surface area contributed by atoms with Gasteiger partial charge < -0.3 is 14.8 Å². The quantitative estimate of drug-likeness (QED) is 0.794. The van der Waals surface area contributed by atoms with Gasteiger partial charge in [0.25, 0.3) is 0 Å². The molecule has 2 rings (SSSR count). The van der Waals surface area contributed by atoms with E-state index in [-0.39, 0.29) is 12.5 Å². The maximum Gasteiger partial charge on any atom is 0.322 e. The van der Waals surface area contributed by atoms with Crippen molar-refractivity contribution in [2.45, 2.75) is 17.9 Å². The molecule has 6 nitrogen and oxygen atoms in total. The van der Waals surface area contributed by atoms with Gasteiger partial charge in [0.05, 0.1) is 17.2 Å². The van der Waals surface area contributed by atoms with Gasteiger partial charge in [0.2, 0.25) is 11.8 Å². The Morgan fingerprint density at radius 3 is 2.74 bits per heavy atom. The van der Waals surface area contributed by atoms with Gasteiger partial charge >= 0.3 is 5.97 Å². The minimum absolute atomic E-state index is 0.332. The molecular formula is C15H15ClN2O4S. The fourth-order valence-corrected chi connectivity index (χ4v) is 2.59. The lowest BCUT2D eigenvalue weighted by Crippen LogP contribution is -2.34. The summed E-state index contributed by atoms with van der Waals surface area (Å²) in [5.74, 6) is 0.130. The minimum Gasteiger partial charge on any atom is -0.480 e. The molecule has 2 aromatic rings. The molecule has 1 aromatic carbocycles. The second-order valence-electron chi connectivity index (χ2n) is 4.69. The highest BCUT2D eigenvalue weighted by molar-refractivity contribution is 7.99. The predicted molar refractivity (Wildman–Crippen MR) is 88.4 cm³/mol. The zero-order chi connectivity index (χ0) is 16.8. The first-order chi connectivity index (χ1) is 11.0. The molecule has 0 radical (unpaired) electrons. The molecule has 1 aromatic heterocycles. The number of oxazole rings is 1. The molecule has 122 valence electrons. The number of aliphatic carboxylic acids is 1. The Hall–Kier alpha value is -1.99. The van der Waals surface area contributed by atoms with Gasteiger partial charge in [-0.05, 0) is 31.2 Å². The summed E-state index contributed by atoms with van der Waals surface area (Å²) in [6.45, 7) is 1.31. The van der Waals surface area contributed by atoms with Crippen molar-refractivity contribution in [3.8, 4) is 11.3 Å². The molecule has 0 fully saturated rings. The van der Waals surface area contributed by atoms with Crippen molar-refractivity contribution in [2.75, 3.05) is 6.54 Å². The number of carboxylic acid groups (broad SMARTS) is 1. The largest absolute Gasteiger partial charge is 0.480 e. The van der Waals surface area contributed by atoms with E-state index in [2.05, 4.69) is 10.3 Å². The highest BCUT2D eigenvalue weighted by atomic mass is 35.5. The molecule has 0 bridgehead atoms. The average molecular weight is 355 g/mol. The summed E-state index contributed by atoms with van der Waals surface area (Å²) in [6, 6.07) is 7.20. The van der Waals surface area contributed by atoms with Gasteiger partial charge in [-0.1, -0.05) is 11.6 Å². The third kappa shape index (κ3) is 5.30. The van der Waals surface area contributed by atoms with Crippen LogP contribution >= 0.6 is 23.4 Å². The first-order valence-electron chi connectivity index (χ1n) is 6.77. The molecule has 23 heavy (non-hydrogen) atoms. The summed E-state index contributed by atoms with van der Waals surface area (Å²) in [5, 5.41) is 11.1. The van der Waals surface area contributed by atoms with Crippen molar-refractivity contribution < 1.29 is 19.1 Å². The van der Waals surface area contributed by atoms with Gasteiger partial charge in [-0.25, -0.2) is 4.98 Å². The van der Waals surface area contributed by atoms with E-state index in [1.807, 2.05) is 12.1 Å². The molecule has 0 saturated carbocycles. The molecular weight excluding hydrogens is 340 g/mol. The number of aromatic nitrogens is 1. The maximum atomic E-state index is 11.7. The second-order valence-corrected chi connectivity index (χ2v) is 6.46. The first-order valence-corrected chi connectivity index (χ1v) is 8.20. The fraction of sp³-hybridized carbons (Fsp3) is 0.267. The molecule has 2 N–H and O–H groups in total. The smallest absolute Gasteiger partial charge is 0.322 e. The van der Waals surface area contributed by atoms with Crippen LogP contribution in [0.4, 0.5) is 0 Å². The van der Waals surface area contributed by atoms with E-state index in [0.717, 1.165) is 5.56 Å². The number of carbonyl (C=O) groups excluding carboxylic acids is 1. The van der Waals surface area contributed by atoms with Gasteiger partial charge in [0.1, 0.15) is 6.54 Å². The Balaban J connectivity index is 1.88. The van der Waals surface area contributed by atoms with E-state index >= 15 is 0 Å². The van der Waals surface area contributed by atoms with Crippen molar-refractivity contribution in [1.82, 2.24) is 10.3 Å². The number of hydrogen-bond donors (Lipinski definition) is 2. The van der Waals surface area contributed by atoms with Crippen molar-refractivity contribution in [3.63, 3.8) is 0 Å². The van der Waals surface area contributed by atoms with Crippen molar-refractivity contribution >= 4 is 35.2 Å². The molecule has 0 saturated heterocycles. The van der Waals surface area contributed by atoms with Crippen LogP contribution in [0.15, 0.2) is 34.9 Å². The van der Waals surface area contributed by atoms with Crippen molar-refractivity contribution in [3.05, 3.63) is 41.4 Å². The van der Waals surface area contributed by atoms with Crippen LogP contribution in [0.5, 0.6) is 0 Å². The lowest BCUT2D eigenvalue weighted by molar-refractivity contribution is -0.137. The third-order valence-corrected chi connectivity index (χ3v) is 4.30. The zero-order valence-electron chi connectivity index (χ0n) is 12.3. The molecule has 1 amide bonds. The Labute approximate surface area is 142 Å². The topological polar surface area (TPSA) is 92.4 Å². The lowest BCUT2D eigenvalue weighted by Gasteiger charge is -2.09. The van der Waals surface area contributed by atoms with E-state index in [9.17, 15) is 9.59 Å². The summed E-state index contributed by atoms with van der Waals surface area (Å²) in [7, 11) is 0. The normalized spacial score (nSPS) is 11.9. The van der Waals surface area contributed by atoms with Crippen LogP contribution in [0, 0.1) is 0 Å². The number of amides is 1. The molecule has 8 heteroatoms. The van der Waals surface area contributed by atoms with Gasteiger partial charge in [-0.15, -0.1) is 11.8 Å². The van der Waals surface area contributed by atoms with Crippen LogP contribution in [-0.4, -0.2) is 33.8 Å². The fourth-order valence-electron chi connectivity index (χ4n) is 1.70. The van der Waals surface area contributed by atoms with E-state index in [1.54, 1.807) is 25.3 Å². The molecule has 0 aliphatic heterocycles.